The second kappa shape index (κ2) is 7.33. The van der Waals surface area contributed by atoms with Crippen LogP contribution < -0.4 is 11.1 Å². The Morgan fingerprint density at radius 3 is 2.68 bits per heavy atom. The first-order valence-electron chi connectivity index (χ1n) is 9.83. The molecular formula is C23H19N5O3. The number of fused-ring (bicyclic) bond motifs is 4. The molecule has 31 heavy (non-hydrogen) atoms. The van der Waals surface area contributed by atoms with Crippen LogP contribution in [0.3, 0.4) is 0 Å². The number of imidazole rings is 1. The lowest BCUT2D eigenvalue weighted by Gasteiger charge is -2.18. The summed E-state index contributed by atoms with van der Waals surface area (Å²) < 4.78 is 0. The van der Waals surface area contributed by atoms with Crippen LogP contribution in [-0.2, 0) is 9.59 Å². The topological polar surface area (TPSA) is 134 Å². The van der Waals surface area contributed by atoms with Gasteiger partial charge in [-0.05, 0) is 28.3 Å². The van der Waals surface area contributed by atoms with Crippen molar-refractivity contribution in [2.75, 3.05) is 0 Å². The Hall–Kier alpha value is -4.04. The smallest absolute Gasteiger partial charge is 0.305 e. The molecule has 0 saturated heterocycles. The summed E-state index contributed by atoms with van der Waals surface area (Å²) >= 11 is 0. The predicted octanol–water partition coefficient (Wildman–Crippen LogP) is 2.61. The number of carbonyl (C=O) groups excluding carboxylic acids is 1. The number of carbonyl (C=O) groups is 2. The standard InChI is InChI=1S/C23H19N5O3/c24-16(10-19(29)30)23(31)28-21-13-5-2-1-4-12(13)20-14(21)6-3-7-15(20)22-26-17-8-9-25-11-18(17)27-22/h1-9,11,16,21H,10,24H2,(H,26,27)(H,28,31)(H,29,30)/t16-,21?/m1/s1. The Balaban J connectivity index is 1.60. The molecule has 5 N–H and O–H groups in total. The SMILES string of the molecule is N[C@H](CC(=O)O)C(=O)NC1c2ccccc2-c2c(-c3nc4ccncc4[nH]3)cccc21. The third-order valence-electron chi connectivity index (χ3n) is 5.51. The highest BCUT2D eigenvalue weighted by molar-refractivity contribution is 5.93. The summed E-state index contributed by atoms with van der Waals surface area (Å²) in [5.74, 6) is -0.906. The third kappa shape index (κ3) is 3.23. The minimum Gasteiger partial charge on any atom is -0.481 e. The van der Waals surface area contributed by atoms with Crippen molar-refractivity contribution in [1.29, 1.82) is 0 Å². The number of hydrogen-bond donors (Lipinski definition) is 4. The molecule has 2 aromatic heterocycles. The van der Waals surface area contributed by atoms with Gasteiger partial charge in [-0.25, -0.2) is 4.98 Å². The number of carboxylic acids is 1. The van der Waals surface area contributed by atoms with E-state index in [2.05, 4.69) is 15.3 Å². The quantitative estimate of drug-likeness (QED) is 0.397. The van der Waals surface area contributed by atoms with Crippen molar-refractivity contribution < 1.29 is 14.7 Å². The molecular weight excluding hydrogens is 394 g/mol. The van der Waals surface area contributed by atoms with Gasteiger partial charge >= 0.3 is 5.97 Å². The lowest BCUT2D eigenvalue weighted by atomic mass is 9.98. The molecule has 2 atom stereocenters. The number of carboxylic acid groups (broad SMARTS) is 1. The second-order valence-corrected chi connectivity index (χ2v) is 7.48. The molecule has 1 amide bonds. The van der Waals surface area contributed by atoms with Gasteiger partial charge in [0.25, 0.3) is 0 Å². The molecule has 0 aliphatic heterocycles. The van der Waals surface area contributed by atoms with Crippen LogP contribution in [0.5, 0.6) is 0 Å². The summed E-state index contributed by atoms with van der Waals surface area (Å²) in [5.41, 5.74) is 12.2. The van der Waals surface area contributed by atoms with Crippen molar-refractivity contribution >= 4 is 22.9 Å². The van der Waals surface area contributed by atoms with E-state index in [1.54, 1.807) is 12.4 Å². The maximum atomic E-state index is 12.6. The number of aromatic amines is 1. The summed E-state index contributed by atoms with van der Waals surface area (Å²) in [7, 11) is 0. The highest BCUT2D eigenvalue weighted by atomic mass is 16.4. The second-order valence-electron chi connectivity index (χ2n) is 7.48. The third-order valence-corrected chi connectivity index (χ3v) is 5.51. The van der Waals surface area contributed by atoms with E-state index in [0.717, 1.165) is 38.9 Å². The first-order valence-corrected chi connectivity index (χ1v) is 9.83. The van der Waals surface area contributed by atoms with Crippen molar-refractivity contribution in [2.45, 2.75) is 18.5 Å². The molecule has 8 heteroatoms. The van der Waals surface area contributed by atoms with Gasteiger partial charge in [-0.15, -0.1) is 0 Å². The number of pyridine rings is 1. The monoisotopic (exact) mass is 413 g/mol. The van der Waals surface area contributed by atoms with Gasteiger partial charge in [0.15, 0.2) is 0 Å². The van der Waals surface area contributed by atoms with E-state index in [1.165, 1.54) is 0 Å². The minimum atomic E-state index is -1.13. The number of hydrogen-bond acceptors (Lipinski definition) is 5. The number of H-pyrrole nitrogens is 1. The number of nitrogens with zero attached hydrogens (tertiary/aromatic N) is 2. The van der Waals surface area contributed by atoms with Crippen molar-refractivity contribution in [2.24, 2.45) is 5.73 Å². The Bertz CT molecular complexity index is 1300. The van der Waals surface area contributed by atoms with Gasteiger partial charge in [0.05, 0.1) is 35.7 Å². The van der Waals surface area contributed by atoms with Gasteiger partial charge in [-0.3, -0.25) is 14.6 Å². The molecule has 1 aliphatic rings. The van der Waals surface area contributed by atoms with Crippen molar-refractivity contribution in [3.05, 3.63) is 72.1 Å². The van der Waals surface area contributed by atoms with Crippen molar-refractivity contribution in [3.63, 3.8) is 0 Å². The summed E-state index contributed by atoms with van der Waals surface area (Å²) in [4.78, 5) is 35.7. The van der Waals surface area contributed by atoms with Gasteiger partial charge in [-0.2, -0.15) is 0 Å². The fourth-order valence-electron chi connectivity index (χ4n) is 4.12. The molecule has 0 fully saturated rings. The average molecular weight is 413 g/mol. The zero-order chi connectivity index (χ0) is 21.5. The van der Waals surface area contributed by atoms with Crippen LogP contribution in [-0.4, -0.2) is 38.0 Å². The molecule has 8 nitrogen and oxygen atoms in total. The molecule has 0 saturated carbocycles. The lowest BCUT2D eigenvalue weighted by molar-refractivity contribution is -0.139. The number of amides is 1. The van der Waals surface area contributed by atoms with E-state index in [1.807, 2.05) is 48.5 Å². The van der Waals surface area contributed by atoms with E-state index in [0.29, 0.717) is 5.82 Å². The number of aliphatic carboxylic acids is 1. The molecule has 2 heterocycles. The average Bonchev–Trinajstić information content (AvgIpc) is 3.33. The van der Waals surface area contributed by atoms with Crippen LogP contribution in [0.2, 0.25) is 0 Å². The van der Waals surface area contributed by atoms with Crippen LogP contribution in [0.1, 0.15) is 23.6 Å². The van der Waals surface area contributed by atoms with E-state index >= 15 is 0 Å². The molecule has 1 aliphatic carbocycles. The maximum Gasteiger partial charge on any atom is 0.305 e. The Morgan fingerprint density at radius 1 is 1.10 bits per heavy atom. The molecule has 154 valence electrons. The normalized spacial score (nSPS) is 15.3. The molecule has 0 spiro atoms. The minimum absolute atomic E-state index is 0.426. The fourth-order valence-corrected chi connectivity index (χ4v) is 4.12. The molecule has 5 rings (SSSR count). The highest BCUT2D eigenvalue weighted by Gasteiger charge is 2.33. The summed E-state index contributed by atoms with van der Waals surface area (Å²) in [6.45, 7) is 0. The summed E-state index contributed by atoms with van der Waals surface area (Å²) in [6, 6.07) is 14.0. The Labute approximate surface area is 177 Å². The van der Waals surface area contributed by atoms with Crippen LogP contribution in [0.25, 0.3) is 33.5 Å². The summed E-state index contributed by atoms with van der Waals surface area (Å²) in [5, 5.41) is 11.9. The van der Waals surface area contributed by atoms with Crippen LogP contribution in [0.15, 0.2) is 60.9 Å². The van der Waals surface area contributed by atoms with Crippen LogP contribution in [0.4, 0.5) is 0 Å². The number of nitrogens with two attached hydrogens (primary N) is 1. The number of rotatable bonds is 5. The molecule has 1 unspecified atom stereocenters. The van der Waals surface area contributed by atoms with Gasteiger partial charge in [0.2, 0.25) is 5.91 Å². The maximum absolute atomic E-state index is 12.6. The first-order chi connectivity index (χ1) is 15.0. The number of benzene rings is 2. The van der Waals surface area contributed by atoms with Crippen molar-refractivity contribution in [3.8, 4) is 22.5 Å². The van der Waals surface area contributed by atoms with Gasteiger partial charge < -0.3 is 21.1 Å². The van der Waals surface area contributed by atoms with Gasteiger partial charge in [-0.1, -0.05) is 42.5 Å². The molecule has 4 aromatic rings. The Morgan fingerprint density at radius 2 is 1.87 bits per heavy atom. The fraction of sp³-hybridized carbons (Fsp3) is 0.130. The molecule has 0 bridgehead atoms. The highest BCUT2D eigenvalue weighted by Crippen LogP contribution is 2.47. The molecule has 0 radical (unpaired) electrons. The van der Waals surface area contributed by atoms with E-state index in [9.17, 15) is 9.59 Å². The largest absolute Gasteiger partial charge is 0.481 e. The van der Waals surface area contributed by atoms with Crippen LogP contribution >= 0.6 is 0 Å². The van der Waals surface area contributed by atoms with Gasteiger partial charge in [0, 0.05) is 11.8 Å². The van der Waals surface area contributed by atoms with E-state index in [4.69, 9.17) is 15.8 Å². The zero-order valence-electron chi connectivity index (χ0n) is 16.4. The predicted molar refractivity (Wildman–Crippen MR) is 115 cm³/mol. The Kier molecular flexibility index (Phi) is 4.48. The van der Waals surface area contributed by atoms with Crippen LogP contribution in [0, 0.1) is 0 Å². The lowest BCUT2D eigenvalue weighted by Crippen LogP contribution is -2.43. The first kappa shape index (κ1) is 19.0. The van der Waals surface area contributed by atoms with E-state index < -0.39 is 30.4 Å². The number of aromatic nitrogens is 3. The molecule has 2 aromatic carbocycles. The number of nitrogens with one attached hydrogen (secondary N) is 2. The summed E-state index contributed by atoms with van der Waals surface area (Å²) in [6.07, 6.45) is 3.00. The van der Waals surface area contributed by atoms with Gasteiger partial charge in [0.1, 0.15) is 5.82 Å². The van der Waals surface area contributed by atoms with Crippen molar-refractivity contribution in [1.82, 2.24) is 20.3 Å². The van der Waals surface area contributed by atoms with E-state index in [-0.39, 0.29) is 0 Å². The zero-order valence-corrected chi connectivity index (χ0v) is 16.4.